The average Bonchev–Trinajstić information content (AvgIpc) is 3.41. The van der Waals surface area contributed by atoms with Gasteiger partial charge in [0.05, 0.1) is 16.9 Å². The molecule has 4 aromatic rings. The maximum Gasteiger partial charge on any atom is 0.267 e. The maximum atomic E-state index is 13.1. The Kier molecular flexibility index (Phi) is 7.46. The number of benzene rings is 1. The minimum Gasteiger partial charge on any atom is -0.381 e. The quantitative estimate of drug-likeness (QED) is 0.253. The first-order chi connectivity index (χ1) is 18.0. The van der Waals surface area contributed by atoms with E-state index in [1.807, 2.05) is 42.6 Å². The Bertz CT molecular complexity index is 1460. The highest BCUT2D eigenvalue weighted by Gasteiger charge is 2.25. The average molecular weight is 515 g/mol. The van der Waals surface area contributed by atoms with Crippen molar-refractivity contribution in [1.29, 1.82) is 0 Å². The predicted octanol–water partition coefficient (Wildman–Crippen LogP) is 5.57. The molecule has 0 spiro atoms. The van der Waals surface area contributed by atoms with Crippen LogP contribution in [0.4, 0.5) is 17.1 Å². The molecule has 2 aromatic carbocycles. The van der Waals surface area contributed by atoms with E-state index in [4.69, 9.17) is 0 Å². The summed E-state index contributed by atoms with van der Waals surface area (Å²) in [6, 6.07) is 11.2. The van der Waals surface area contributed by atoms with Crippen LogP contribution in [-0.2, 0) is 6.54 Å². The smallest absolute Gasteiger partial charge is 0.267 e. The first-order valence-corrected chi connectivity index (χ1v) is 13.6. The van der Waals surface area contributed by atoms with E-state index in [-0.39, 0.29) is 5.91 Å². The molecule has 3 N–H and O–H groups in total. The fourth-order valence-corrected chi connectivity index (χ4v) is 5.70. The van der Waals surface area contributed by atoms with Gasteiger partial charge in [0, 0.05) is 31.2 Å². The number of carbonyl (C=O) groups is 1. The standard InChI is InChI=1S/C29H30N4O3S/c1-18-7-8-21(33-29(36)28-23(11-14-37-28)31-16-20-9-12-30-13-10-20)15-22(18)24-25(27(35)26(24)34)32-17-19-5-3-2-4-6-19/h7-15,19,31-32H,2-6,16-17H2,1H3,(H,33,36). The van der Waals surface area contributed by atoms with Crippen molar-refractivity contribution in [1.82, 2.24) is 4.98 Å². The molecule has 0 saturated heterocycles. The molecule has 37 heavy (non-hydrogen) atoms. The van der Waals surface area contributed by atoms with Crippen LogP contribution in [0.3, 0.4) is 0 Å². The second kappa shape index (κ2) is 11.1. The van der Waals surface area contributed by atoms with Crippen molar-refractivity contribution >= 4 is 34.3 Å². The number of hydrogen-bond acceptors (Lipinski definition) is 7. The number of nitrogens with zero attached hydrogens (tertiary/aromatic N) is 1. The van der Waals surface area contributed by atoms with Crippen molar-refractivity contribution in [3.8, 4) is 11.1 Å². The Labute approximate surface area is 219 Å². The van der Waals surface area contributed by atoms with E-state index in [1.165, 1.54) is 30.6 Å². The van der Waals surface area contributed by atoms with Crippen molar-refractivity contribution in [2.75, 3.05) is 22.5 Å². The second-order valence-electron chi connectivity index (χ2n) is 9.65. The molecule has 0 unspecified atom stereocenters. The lowest BCUT2D eigenvalue weighted by Gasteiger charge is -2.23. The van der Waals surface area contributed by atoms with Gasteiger partial charge in [-0.25, -0.2) is 0 Å². The van der Waals surface area contributed by atoms with Crippen LogP contribution in [0.25, 0.3) is 11.1 Å². The monoisotopic (exact) mass is 514 g/mol. The van der Waals surface area contributed by atoms with Gasteiger partial charge in [-0.3, -0.25) is 19.4 Å². The summed E-state index contributed by atoms with van der Waals surface area (Å²) < 4.78 is 0. The molecule has 0 bridgehead atoms. The minimum absolute atomic E-state index is 0.234. The molecule has 7 nitrogen and oxygen atoms in total. The third-order valence-electron chi connectivity index (χ3n) is 7.07. The molecule has 2 heterocycles. The van der Waals surface area contributed by atoms with Crippen LogP contribution in [-0.4, -0.2) is 17.4 Å². The molecule has 2 aromatic heterocycles. The number of rotatable bonds is 9. The Morgan fingerprint density at radius 2 is 1.78 bits per heavy atom. The van der Waals surface area contributed by atoms with Gasteiger partial charge in [0.2, 0.25) is 10.9 Å². The van der Waals surface area contributed by atoms with Crippen molar-refractivity contribution in [3.63, 3.8) is 0 Å². The summed E-state index contributed by atoms with van der Waals surface area (Å²) in [5, 5.41) is 11.4. The summed E-state index contributed by atoms with van der Waals surface area (Å²) in [6.45, 7) is 3.19. The van der Waals surface area contributed by atoms with Gasteiger partial charge >= 0.3 is 0 Å². The van der Waals surface area contributed by atoms with Crippen LogP contribution in [0.15, 0.2) is 63.8 Å². The van der Waals surface area contributed by atoms with E-state index in [0.717, 1.165) is 29.7 Å². The number of aryl methyl sites for hydroxylation is 1. The highest BCUT2D eigenvalue weighted by molar-refractivity contribution is 7.12. The zero-order valence-corrected chi connectivity index (χ0v) is 21.6. The lowest BCUT2D eigenvalue weighted by Crippen LogP contribution is -2.37. The molecular weight excluding hydrogens is 484 g/mol. The summed E-state index contributed by atoms with van der Waals surface area (Å²) in [7, 11) is 0. The van der Waals surface area contributed by atoms with Crippen LogP contribution in [0.1, 0.15) is 52.9 Å². The number of nitrogens with one attached hydrogen (secondary N) is 3. The van der Waals surface area contributed by atoms with Gasteiger partial charge < -0.3 is 16.0 Å². The molecule has 1 aliphatic rings. The number of hydrogen-bond donors (Lipinski definition) is 3. The highest BCUT2D eigenvalue weighted by Crippen LogP contribution is 2.32. The zero-order valence-electron chi connectivity index (χ0n) is 20.8. The summed E-state index contributed by atoms with van der Waals surface area (Å²) in [4.78, 5) is 42.7. The Balaban J connectivity index is 1.31. The summed E-state index contributed by atoms with van der Waals surface area (Å²) in [6.07, 6.45) is 9.49. The predicted molar refractivity (Wildman–Crippen MR) is 150 cm³/mol. The van der Waals surface area contributed by atoms with Crippen molar-refractivity contribution in [3.05, 3.63) is 90.6 Å². The molecular formula is C29H30N4O3S. The molecule has 1 saturated carbocycles. The number of aromatic nitrogens is 1. The Morgan fingerprint density at radius 1 is 1.00 bits per heavy atom. The third kappa shape index (κ3) is 5.49. The SMILES string of the molecule is Cc1ccc(NC(=O)c2sccc2NCc2ccncc2)cc1-c1c(NCC2CCCCC2)c(=O)c1=O. The largest absolute Gasteiger partial charge is 0.381 e. The van der Waals surface area contributed by atoms with Crippen LogP contribution >= 0.6 is 11.3 Å². The second-order valence-corrected chi connectivity index (χ2v) is 10.6. The molecule has 1 fully saturated rings. The summed E-state index contributed by atoms with van der Waals surface area (Å²) in [5.74, 6) is 0.299. The first kappa shape index (κ1) is 24.9. The first-order valence-electron chi connectivity index (χ1n) is 12.7. The molecule has 5 rings (SSSR count). The van der Waals surface area contributed by atoms with E-state index >= 15 is 0 Å². The molecule has 8 heteroatoms. The maximum absolute atomic E-state index is 13.1. The number of carbonyl (C=O) groups excluding carboxylic acids is 1. The van der Waals surface area contributed by atoms with E-state index in [9.17, 15) is 14.4 Å². The number of pyridine rings is 1. The highest BCUT2D eigenvalue weighted by atomic mass is 32.1. The molecule has 1 amide bonds. The van der Waals surface area contributed by atoms with Gasteiger partial charge in [-0.05, 0) is 78.1 Å². The van der Waals surface area contributed by atoms with E-state index in [1.54, 1.807) is 18.5 Å². The minimum atomic E-state index is -0.474. The van der Waals surface area contributed by atoms with Gasteiger partial charge in [-0.1, -0.05) is 25.3 Å². The zero-order chi connectivity index (χ0) is 25.8. The topological polar surface area (TPSA) is 100 Å². The van der Waals surface area contributed by atoms with Gasteiger partial charge in [0.1, 0.15) is 4.88 Å². The lowest BCUT2D eigenvalue weighted by molar-refractivity contribution is 0.103. The van der Waals surface area contributed by atoms with E-state index in [0.29, 0.717) is 46.4 Å². The van der Waals surface area contributed by atoms with Gasteiger partial charge in [-0.15, -0.1) is 11.3 Å². The van der Waals surface area contributed by atoms with E-state index < -0.39 is 10.9 Å². The Hall–Kier alpha value is -3.78. The van der Waals surface area contributed by atoms with E-state index in [2.05, 4.69) is 20.9 Å². The number of amides is 1. The van der Waals surface area contributed by atoms with Gasteiger partial charge in [-0.2, -0.15) is 0 Å². The normalized spacial score (nSPS) is 14.0. The number of anilines is 3. The lowest BCUT2D eigenvalue weighted by atomic mass is 9.88. The fourth-order valence-electron chi connectivity index (χ4n) is 4.93. The third-order valence-corrected chi connectivity index (χ3v) is 7.98. The fraction of sp³-hybridized carbons (Fsp3) is 0.310. The van der Waals surface area contributed by atoms with Crippen molar-refractivity contribution in [2.45, 2.75) is 45.6 Å². The van der Waals surface area contributed by atoms with Crippen LogP contribution < -0.4 is 26.8 Å². The molecule has 190 valence electrons. The summed E-state index contributed by atoms with van der Waals surface area (Å²) >= 11 is 1.36. The van der Waals surface area contributed by atoms with Crippen molar-refractivity contribution in [2.24, 2.45) is 5.92 Å². The number of thiophene rings is 1. The molecule has 1 aliphatic carbocycles. The Morgan fingerprint density at radius 3 is 2.57 bits per heavy atom. The molecule has 0 radical (unpaired) electrons. The molecule has 0 aliphatic heterocycles. The molecule has 0 atom stereocenters. The van der Waals surface area contributed by atoms with Gasteiger partial charge in [0.15, 0.2) is 0 Å². The van der Waals surface area contributed by atoms with Crippen LogP contribution in [0.5, 0.6) is 0 Å². The van der Waals surface area contributed by atoms with Crippen LogP contribution in [0.2, 0.25) is 0 Å². The summed E-state index contributed by atoms with van der Waals surface area (Å²) in [5.41, 5.74) is 3.85. The van der Waals surface area contributed by atoms with Gasteiger partial charge in [0.25, 0.3) is 5.91 Å². The van der Waals surface area contributed by atoms with Crippen LogP contribution in [0, 0.1) is 12.8 Å². The van der Waals surface area contributed by atoms with Crippen molar-refractivity contribution < 1.29 is 4.79 Å².